The van der Waals surface area contributed by atoms with E-state index < -0.39 is 0 Å². The Bertz CT molecular complexity index is 460. The van der Waals surface area contributed by atoms with E-state index in [0.717, 1.165) is 5.56 Å². The van der Waals surface area contributed by atoms with Gasteiger partial charge < -0.3 is 11.5 Å². The lowest BCUT2D eigenvalue weighted by molar-refractivity contribution is 0.589. The maximum Gasteiger partial charge on any atom is 0.0445 e. The van der Waals surface area contributed by atoms with Crippen LogP contribution in [0.25, 0.3) is 11.1 Å². The number of hydrogen-bond acceptors (Lipinski definition) is 2. The molecule has 2 aromatic rings. The summed E-state index contributed by atoms with van der Waals surface area (Å²) >= 11 is 0. The Hall–Kier alpha value is -1.64. The van der Waals surface area contributed by atoms with E-state index in [0.29, 0.717) is 0 Å². The van der Waals surface area contributed by atoms with Crippen LogP contribution in [0.1, 0.15) is 18.5 Å². The minimum atomic E-state index is -0.0974. The third-order valence-corrected chi connectivity index (χ3v) is 2.97. The fourth-order valence-electron chi connectivity index (χ4n) is 1.83. The second-order valence-electron chi connectivity index (χ2n) is 4.37. The van der Waals surface area contributed by atoms with Crippen molar-refractivity contribution in [2.45, 2.75) is 19.0 Å². The monoisotopic (exact) mass is 226 g/mol. The van der Waals surface area contributed by atoms with Crippen LogP contribution in [0.4, 0.5) is 0 Å². The summed E-state index contributed by atoms with van der Waals surface area (Å²) in [4.78, 5) is 0. The predicted molar refractivity (Wildman–Crippen MR) is 72.5 cm³/mol. The Balaban J connectivity index is 2.25. The molecule has 2 aromatic carbocycles. The highest BCUT2D eigenvalue weighted by molar-refractivity contribution is 5.63. The number of rotatable bonds is 3. The molecule has 17 heavy (non-hydrogen) atoms. The fourth-order valence-corrected chi connectivity index (χ4v) is 1.83. The molecule has 0 spiro atoms. The Kier molecular flexibility index (Phi) is 3.57. The molecular weight excluding hydrogens is 208 g/mol. The van der Waals surface area contributed by atoms with Gasteiger partial charge in [-0.15, -0.1) is 0 Å². The summed E-state index contributed by atoms with van der Waals surface area (Å²) in [6, 6.07) is 18.4. The molecule has 2 atom stereocenters. The largest absolute Gasteiger partial charge is 0.326 e. The average molecular weight is 226 g/mol. The highest BCUT2D eigenvalue weighted by atomic mass is 14.8. The van der Waals surface area contributed by atoms with Crippen molar-refractivity contribution < 1.29 is 0 Å². The van der Waals surface area contributed by atoms with Gasteiger partial charge in [0.2, 0.25) is 0 Å². The van der Waals surface area contributed by atoms with Gasteiger partial charge in [0.15, 0.2) is 0 Å². The van der Waals surface area contributed by atoms with Gasteiger partial charge in [-0.1, -0.05) is 54.6 Å². The van der Waals surface area contributed by atoms with Crippen molar-refractivity contribution in [3.8, 4) is 11.1 Å². The van der Waals surface area contributed by atoms with E-state index in [1.54, 1.807) is 0 Å². The first-order chi connectivity index (χ1) is 8.18. The highest BCUT2D eigenvalue weighted by Gasteiger charge is 2.10. The molecule has 0 heterocycles. The Morgan fingerprint density at radius 3 is 1.82 bits per heavy atom. The standard InChI is InChI=1S/C15H18N2/c1-11(16)15(17)14-9-7-13(8-10-14)12-5-3-2-4-6-12/h2-11,15H,16-17H2,1H3. The molecule has 0 aliphatic carbocycles. The lowest BCUT2D eigenvalue weighted by atomic mass is 9.98. The zero-order valence-electron chi connectivity index (χ0n) is 10.0. The van der Waals surface area contributed by atoms with Crippen molar-refractivity contribution >= 4 is 0 Å². The second kappa shape index (κ2) is 5.13. The van der Waals surface area contributed by atoms with E-state index in [9.17, 15) is 0 Å². The van der Waals surface area contributed by atoms with Gasteiger partial charge in [-0.25, -0.2) is 0 Å². The van der Waals surface area contributed by atoms with Gasteiger partial charge in [0.1, 0.15) is 0 Å². The summed E-state index contributed by atoms with van der Waals surface area (Å²) in [6.45, 7) is 1.93. The van der Waals surface area contributed by atoms with Crippen molar-refractivity contribution in [3.05, 3.63) is 60.2 Å². The molecule has 0 saturated carbocycles. The van der Waals surface area contributed by atoms with Crippen molar-refractivity contribution in [2.24, 2.45) is 11.5 Å². The van der Waals surface area contributed by atoms with Crippen molar-refractivity contribution in [2.75, 3.05) is 0 Å². The third-order valence-electron chi connectivity index (χ3n) is 2.97. The topological polar surface area (TPSA) is 52.0 Å². The summed E-state index contributed by atoms with van der Waals surface area (Å²) < 4.78 is 0. The minimum Gasteiger partial charge on any atom is -0.326 e. The van der Waals surface area contributed by atoms with Crippen LogP contribution in [0.3, 0.4) is 0 Å². The molecule has 0 bridgehead atoms. The van der Waals surface area contributed by atoms with Gasteiger partial charge >= 0.3 is 0 Å². The fraction of sp³-hybridized carbons (Fsp3) is 0.200. The van der Waals surface area contributed by atoms with E-state index in [2.05, 4.69) is 36.4 Å². The first-order valence-electron chi connectivity index (χ1n) is 5.85. The van der Waals surface area contributed by atoms with Gasteiger partial charge in [0, 0.05) is 12.1 Å². The molecule has 0 aromatic heterocycles. The Morgan fingerprint density at radius 1 is 0.765 bits per heavy atom. The van der Waals surface area contributed by atoms with Crippen LogP contribution in [0.5, 0.6) is 0 Å². The zero-order valence-corrected chi connectivity index (χ0v) is 10.0. The molecule has 0 aliphatic rings. The van der Waals surface area contributed by atoms with Gasteiger partial charge in [0.25, 0.3) is 0 Å². The summed E-state index contributed by atoms with van der Waals surface area (Å²) in [6.07, 6.45) is 0. The lowest BCUT2D eigenvalue weighted by Gasteiger charge is -2.16. The maximum absolute atomic E-state index is 6.00. The van der Waals surface area contributed by atoms with Crippen molar-refractivity contribution in [1.29, 1.82) is 0 Å². The molecule has 0 fully saturated rings. The highest BCUT2D eigenvalue weighted by Crippen LogP contribution is 2.21. The predicted octanol–water partition coefficient (Wildman–Crippen LogP) is 2.70. The third kappa shape index (κ3) is 2.73. The van der Waals surface area contributed by atoms with Crippen molar-refractivity contribution in [3.63, 3.8) is 0 Å². The summed E-state index contributed by atoms with van der Waals surface area (Å²) in [5.74, 6) is 0. The molecular formula is C15H18N2. The van der Waals surface area contributed by atoms with Crippen LogP contribution in [0.2, 0.25) is 0 Å². The second-order valence-corrected chi connectivity index (χ2v) is 4.37. The first kappa shape index (κ1) is 11.8. The van der Waals surface area contributed by atoms with Gasteiger partial charge in [-0.3, -0.25) is 0 Å². The van der Waals surface area contributed by atoms with Crippen LogP contribution in [0, 0.1) is 0 Å². The Labute approximate surface area is 102 Å². The summed E-state index contributed by atoms with van der Waals surface area (Å²) in [5, 5.41) is 0. The van der Waals surface area contributed by atoms with E-state index in [4.69, 9.17) is 11.5 Å². The van der Waals surface area contributed by atoms with Gasteiger partial charge in [-0.05, 0) is 23.6 Å². The van der Waals surface area contributed by atoms with Crippen LogP contribution < -0.4 is 11.5 Å². The maximum atomic E-state index is 6.00. The quantitative estimate of drug-likeness (QED) is 0.845. The molecule has 0 aliphatic heterocycles. The van der Waals surface area contributed by atoms with E-state index >= 15 is 0 Å². The molecule has 88 valence electrons. The number of nitrogens with two attached hydrogens (primary N) is 2. The number of benzene rings is 2. The van der Waals surface area contributed by atoms with Crippen LogP contribution in [-0.4, -0.2) is 6.04 Å². The lowest BCUT2D eigenvalue weighted by Crippen LogP contribution is -2.30. The van der Waals surface area contributed by atoms with Crippen LogP contribution in [0.15, 0.2) is 54.6 Å². The zero-order chi connectivity index (χ0) is 12.3. The van der Waals surface area contributed by atoms with Crippen molar-refractivity contribution in [1.82, 2.24) is 0 Å². The molecule has 0 radical (unpaired) electrons. The van der Waals surface area contributed by atoms with Gasteiger partial charge in [0.05, 0.1) is 0 Å². The average Bonchev–Trinajstić information content (AvgIpc) is 2.39. The molecule has 0 saturated heterocycles. The molecule has 2 unspecified atom stereocenters. The van der Waals surface area contributed by atoms with E-state index in [1.807, 2.05) is 25.1 Å². The normalized spacial score (nSPS) is 14.3. The minimum absolute atomic E-state index is 0.0300. The molecule has 2 heteroatoms. The first-order valence-corrected chi connectivity index (χ1v) is 5.85. The summed E-state index contributed by atoms with van der Waals surface area (Å²) in [7, 11) is 0. The molecule has 2 nitrogen and oxygen atoms in total. The summed E-state index contributed by atoms with van der Waals surface area (Å²) in [5.41, 5.74) is 15.3. The Morgan fingerprint density at radius 2 is 1.29 bits per heavy atom. The van der Waals surface area contributed by atoms with Gasteiger partial charge in [-0.2, -0.15) is 0 Å². The molecule has 2 rings (SSSR count). The SMILES string of the molecule is CC(N)C(N)c1ccc(-c2ccccc2)cc1. The van der Waals surface area contributed by atoms with Crippen LogP contribution in [-0.2, 0) is 0 Å². The number of hydrogen-bond donors (Lipinski definition) is 2. The van der Waals surface area contributed by atoms with Crippen LogP contribution >= 0.6 is 0 Å². The molecule has 4 N–H and O–H groups in total. The van der Waals surface area contributed by atoms with E-state index in [-0.39, 0.29) is 12.1 Å². The smallest absolute Gasteiger partial charge is 0.0445 e. The van der Waals surface area contributed by atoms with E-state index in [1.165, 1.54) is 11.1 Å². The molecule has 0 amide bonds.